The zero-order chi connectivity index (χ0) is 33.9. The van der Waals surface area contributed by atoms with Crippen LogP contribution in [-0.4, -0.2) is 37.2 Å². The molecule has 0 aromatic heterocycles. The van der Waals surface area contributed by atoms with Gasteiger partial charge in [-0.25, -0.2) is 0 Å². The predicted octanol–water partition coefficient (Wildman–Crippen LogP) is 12.0. The van der Waals surface area contributed by atoms with Crippen LogP contribution in [-0.2, 0) is 28.6 Å². The van der Waals surface area contributed by atoms with E-state index in [4.69, 9.17) is 14.2 Å². The first-order valence-electron chi connectivity index (χ1n) is 19.9. The van der Waals surface area contributed by atoms with E-state index < -0.39 is 6.10 Å². The summed E-state index contributed by atoms with van der Waals surface area (Å²) < 4.78 is 16.4. The van der Waals surface area contributed by atoms with Gasteiger partial charge in [-0.15, -0.1) is 0 Å². The standard InChI is InChI=1S/C40H76O6/c1-5-7-9-22-27-31-38(41)44-34-37(46-40(43)33-29-23-10-8-6-2)35-45-39(42)32-28-25-21-19-17-15-13-11-12-14-16-18-20-24-26-30-36(3)4/h36-37H,5-35H2,1-4H3/t37-/m0/s1. The Bertz CT molecular complexity index is 691. The van der Waals surface area contributed by atoms with Crippen molar-refractivity contribution in [1.29, 1.82) is 0 Å². The van der Waals surface area contributed by atoms with Crippen molar-refractivity contribution < 1.29 is 28.6 Å². The van der Waals surface area contributed by atoms with Gasteiger partial charge in [0.2, 0.25) is 0 Å². The van der Waals surface area contributed by atoms with E-state index in [1.165, 1.54) is 96.3 Å². The lowest BCUT2D eigenvalue weighted by Crippen LogP contribution is -2.30. The minimum absolute atomic E-state index is 0.0670. The lowest BCUT2D eigenvalue weighted by molar-refractivity contribution is -0.167. The van der Waals surface area contributed by atoms with Crippen molar-refractivity contribution in [2.75, 3.05) is 13.2 Å². The summed E-state index contributed by atoms with van der Waals surface area (Å²) in [6.07, 6.45) is 31.5. The maximum atomic E-state index is 12.4. The summed E-state index contributed by atoms with van der Waals surface area (Å²) in [5.74, 6) is -0.0425. The highest BCUT2D eigenvalue weighted by Gasteiger charge is 2.19. The Morgan fingerprint density at radius 2 is 0.717 bits per heavy atom. The molecule has 46 heavy (non-hydrogen) atoms. The molecule has 0 spiro atoms. The minimum atomic E-state index is -0.754. The fourth-order valence-electron chi connectivity index (χ4n) is 5.74. The molecule has 0 unspecified atom stereocenters. The van der Waals surface area contributed by atoms with Crippen molar-refractivity contribution in [2.24, 2.45) is 5.92 Å². The van der Waals surface area contributed by atoms with Gasteiger partial charge < -0.3 is 14.2 Å². The average Bonchev–Trinajstić information content (AvgIpc) is 3.03. The summed E-state index contributed by atoms with van der Waals surface area (Å²) >= 11 is 0. The van der Waals surface area contributed by atoms with Gasteiger partial charge in [-0.05, 0) is 25.2 Å². The first-order chi connectivity index (χ1) is 22.4. The highest BCUT2D eigenvalue weighted by Crippen LogP contribution is 2.16. The van der Waals surface area contributed by atoms with E-state index in [0.717, 1.165) is 76.5 Å². The molecule has 0 aliphatic carbocycles. The summed E-state index contributed by atoms with van der Waals surface area (Å²) in [5, 5.41) is 0. The molecule has 0 aromatic carbocycles. The Balaban J connectivity index is 4.01. The van der Waals surface area contributed by atoms with E-state index in [0.29, 0.717) is 19.3 Å². The van der Waals surface area contributed by atoms with Gasteiger partial charge >= 0.3 is 17.9 Å². The molecule has 272 valence electrons. The van der Waals surface area contributed by atoms with Crippen molar-refractivity contribution in [3.8, 4) is 0 Å². The van der Waals surface area contributed by atoms with Crippen LogP contribution >= 0.6 is 0 Å². The number of unbranched alkanes of at least 4 members (excludes halogenated alkanes) is 22. The summed E-state index contributed by atoms with van der Waals surface area (Å²) in [4.78, 5) is 37.0. The molecule has 0 fully saturated rings. The molecule has 0 bridgehead atoms. The van der Waals surface area contributed by atoms with Crippen molar-refractivity contribution in [2.45, 2.75) is 220 Å². The number of hydrogen-bond donors (Lipinski definition) is 0. The molecular weight excluding hydrogens is 576 g/mol. The van der Waals surface area contributed by atoms with Crippen LogP contribution in [0.25, 0.3) is 0 Å². The van der Waals surface area contributed by atoms with Crippen LogP contribution in [0, 0.1) is 5.92 Å². The maximum Gasteiger partial charge on any atom is 0.306 e. The molecule has 0 aromatic rings. The van der Waals surface area contributed by atoms with Crippen LogP contribution in [0.5, 0.6) is 0 Å². The highest BCUT2D eigenvalue weighted by molar-refractivity contribution is 5.71. The van der Waals surface area contributed by atoms with Gasteiger partial charge in [0, 0.05) is 19.3 Å². The fraction of sp³-hybridized carbons (Fsp3) is 0.925. The number of rotatable bonds is 35. The number of carbonyl (C=O) groups is 3. The Hall–Kier alpha value is -1.59. The third-order valence-electron chi connectivity index (χ3n) is 8.79. The molecule has 6 nitrogen and oxygen atoms in total. The average molecular weight is 653 g/mol. The smallest absolute Gasteiger partial charge is 0.306 e. The predicted molar refractivity (Wildman–Crippen MR) is 192 cm³/mol. The van der Waals surface area contributed by atoms with Crippen LogP contribution < -0.4 is 0 Å². The summed E-state index contributed by atoms with van der Waals surface area (Å²) in [6.45, 7) is 8.82. The van der Waals surface area contributed by atoms with E-state index in [2.05, 4.69) is 27.7 Å². The van der Waals surface area contributed by atoms with E-state index >= 15 is 0 Å². The molecule has 0 radical (unpaired) electrons. The van der Waals surface area contributed by atoms with E-state index in [9.17, 15) is 14.4 Å². The van der Waals surface area contributed by atoms with Crippen molar-refractivity contribution in [1.82, 2.24) is 0 Å². The first kappa shape index (κ1) is 44.4. The molecule has 0 saturated heterocycles. The van der Waals surface area contributed by atoms with E-state index in [1.54, 1.807) is 0 Å². The van der Waals surface area contributed by atoms with Gasteiger partial charge in [-0.1, -0.05) is 175 Å². The highest BCUT2D eigenvalue weighted by atomic mass is 16.6. The number of ether oxygens (including phenoxy) is 3. The zero-order valence-corrected chi connectivity index (χ0v) is 31.0. The Kier molecular flexibility index (Phi) is 33.5. The van der Waals surface area contributed by atoms with Crippen LogP contribution in [0.2, 0.25) is 0 Å². The second-order valence-electron chi connectivity index (χ2n) is 14.0. The molecule has 0 aliphatic heterocycles. The molecule has 0 rings (SSSR count). The van der Waals surface area contributed by atoms with Gasteiger partial charge in [0.15, 0.2) is 6.10 Å². The third kappa shape index (κ3) is 33.8. The monoisotopic (exact) mass is 653 g/mol. The fourth-order valence-corrected chi connectivity index (χ4v) is 5.74. The Morgan fingerprint density at radius 1 is 0.413 bits per heavy atom. The number of esters is 3. The van der Waals surface area contributed by atoms with Crippen LogP contribution in [0.3, 0.4) is 0 Å². The Labute approximate surface area is 285 Å². The topological polar surface area (TPSA) is 78.9 Å². The largest absolute Gasteiger partial charge is 0.462 e. The second-order valence-corrected chi connectivity index (χ2v) is 14.0. The SMILES string of the molecule is CCCCCCCC(=O)OC[C@@H](COC(=O)CCCCCCCCCCCCCCCCCC(C)C)OC(=O)CCCCCCC. The molecule has 0 saturated carbocycles. The zero-order valence-electron chi connectivity index (χ0n) is 31.0. The van der Waals surface area contributed by atoms with Crippen LogP contribution in [0.4, 0.5) is 0 Å². The lowest BCUT2D eigenvalue weighted by atomic mass is 10.0. The molecule has 1 atom stereocenters. The van der Waals surface area contributed by atoms with E-state index in [1.807, 2.05) is 0 Å². The van der Waals surface area contributed by atoms with Gasteiger partial charge in [-0.2, -0.15) is 0 Å². The first-order valence-corrected chi connectivity index (χ1v) is 19.9. The number of carbonyl (C=O) groups excluding carboxylic acids is 3. The van der Waals surface area contributed by atoms with Crippen molar-refractivity contribution in [3.63, 3.8) is 0 Å². The molecule has 0 heterocycles. The third-order valence-corrected chi connectivity index (χ3v) is 8.79. The van der Waals surface area contributed by atoms with Gasteiger partial charge in [0.25, 0.3) is 0 Å². The van der Waals surface area contributed by atoms with Gasteiger partial charge in [0.1, 0.15) is 13.2 Å². The molecule has 0 N–H and O–H groups in total. The summed E-state index contributed by atoms with van der Waals surface area (Å²) in [6, 6.07) is 0. The van der Waals surface area contributed by atoms with Gasteiger partial charge in [-0.3, -0.25) is 14.4 Å². The lowest BCUT2D eigenvalue weighted by Gasteiger charge is -2.18. The minimum Gasteiger partial charge on any atom is -0.462 e. The molecule has 0 aliphatic rings. The summed E-state index contributed by atoms with van der Waals surface area (Å²) in [5.41, 5.74) is 0. The van der Waals surface area contributed by atoms with Crippen molar-refractivity contribution in [3.05, 3.63) is 0 Å². The molecular formula is C40H76O6. The quantitative estimate of drug-likeness (QED) is 0.0385. The van der Waals surface area contributed by atoms with Crippen LogP contribution in [0.15, 0.2) is 0 Å². The maximum absolute atomic E-state index is 12.4. The van der Waals surface area contributed by atoms with Crippen LogP contribution in [0.1, 0.15) is 214 Å². The van der Waals surface area contributed by atoms with E-state index in [-0.39, 0.29) is 31.1 Å². The summed E-state index contributed by atoms with van der Waals surface area (Å²) in [7, 11) is 0. The second kappa shape index (κ2) is 34.7. The molecule has 0 amide bonds. The molecule has 6 heteroatoms. The Morgan fingerprint density at radius 3 is 1.07 bits per heavy atom. The normalized spacial score (nSPS) is 11.9. The van der Waals surface area contributed by atoms with Crippen molar-refractivity contribution >= 4 is 17.9 Å². The number of hydrogen-bond acceptors (Lipinski definition) is 6. The van der Waals surface area contributed by atoms with Gasteiger partial charge in [0.05, 0.1) is 0 Å².